The Morgan fingerprint density at radius 3 is 2.71 bits per heavy atom. The van der Waals surface area contributed by atoms with Gasteiger partial charge in [0.25, 0.3) is 0 Å². The van der Waals surface area contributed by atoms with Gasteiger partial charge in [-0.3, -0.25) is 0 Å². The lowest BCUT2D eigenvalue weighted by Gasteiger charge is -2.00. The van der Waals surface area contributed by atoms with E-state index in [-0.39, 0.29) is 0 Å². The molecule has 1 aromatic heterocycles. The molecular weight excluding hydrogens is 330 g/mol. The maximum absolute atomic E-state index is 9.24. The minimum atomic E-state index is -1.43. The SMILES string of the molecule is OB(O)c1c(I)sc2cccc(S)c12. The second-order valence-corrected chi connectivity index (χ2v) is 6.16. The van der Waals surface area contributed by atoms with Crippen LogP contribution < -0.4 is 5.46 Å². The second-order valence-electron chi connectivity index (χ2n) is 2.81. The zero-order valence-electron chi connectivity index (χ0n) is 6.94. The molecule has 0 amide bonds. The van der Waals surface area contributed by atoms with Crippen molar-refractivity contribution in [2.75, 3.05) is 0 Å². The molecule has 0 unspecified atom stereocenters. The van der Waals surface area contributed by atoms with Gasteiger partial charge in [0, 0.05) is 20.4 Å². The first-order valence-corrected chi connectivity index (χ1v) is 6.21. The first-order valence-electron chi connectivity index (χ1n) is 3.87. The molecule has 0 saturated heterocycles. The lowest BCUT2D eigenvalue weighted by atomic mass is 9.80. The number of thiophene rings is 1. The van der Waals surface area contributed by atoms with Gasteiger partial charge in [-0.1, -0.05) is 6.07 Å². The molecule has 72 valence electrons. The number of halogens is 1. The van der Waals surface area contributed by atoms with Crippen molar-refractivity contribution in [1.82, 2.24) is 0 Å². The molecule has 0 atom stereocenters. The van der Waals surface area contributed by atoms with Crippen LogP contribution in [0.15, 0.2) is 23.1 Å². The van der Waals surface area contributed by atoms with Crippen molar-refractivity contribution in [1.29, 1.82) is 0 Å². The maximum atomic E-state index is 9.24. The summed E-state index contributed by atoms with van der Waals surface area (Å²) >= 11 is 7.96. The van der Waals surface area contributed by atoms with Gasteiger partial charge in [-0.05, 0) is 34.7 Å². The van der Waals surface area contributed by atoms with Crippen molar-refractivity contribution in [3.63, 3.8) is 0 Å². The number of hydrogen-bond donors (Lipinski definition) is 3. The average molecular weight is 336 g/mol. The molecule has 2 N–H and O–H groups in total. The predicted molar refractivity (Wildman–Crippen MR) is 71.6 cm³/mol. The van der Waals surface area contributed by atoms with E-state index >= 15 is 0 Å². The van der Waals surface area contributed by atoms with Crippen LogP contribution in [-0.4, -0.2) is 17.2 Å². The summed E-state index contributed by atoms with van der Waals surface area (Å²) < 4.78 is 1.93. The van der Waals surface area contributed by atoms with Crippen molar-refractivity contribution in [2.24, 2.45) is 0 Å². The second kappa shape index (κ2) is 4.01. The molecule has 1 aromatic carbocycles. The smallest absolute Gasteiger partial charge is 0.423 e. The Morgan fingerprint density at radius 2 is 2.07 bits per heavy atom. The van der Waals surface area contributed by atoms with E-state index in [2.05, 4.69) is 35.2 Å². The zero-order valence-corrected chi connectivity index (χ0v) is 10.8. The largest absolute Gasteiger partial charge is 0.491 e. The first-order chi connectivity index (χ1) is 6.61. The van der Waals surface area contributed by atoms with E-state index in [0.717, 1.165) is 17.9 Å². The minimum Gasteiger partial charge on any atom is -0.423 e. The molecule has 0 aliphatic heterocycles. The van der Waals surface area contributed by atoms with Gasteiger partial charge in [-0.2, -0.15) is 0 Å². The van der Waals surface area contributed by atoms with E-state index in [0.29, 0.717) is 5.46 Å². The van der Waals surface area contributed by atoms with Crippen molar-refractivity contribution >= 4 is 69.2 Å². The summed E-state index contributed by atoms with van der Waals surface area (Å²) in [5, 5.41) is 19.3. The van der Waals surface area contributed by atoms with Crippen LogP contribution in [-0.2, 0) is 0 Å². The fourth-order valence-corrected chi connectivity index (χ4v) is 4.00. The van der Waals surface area contributed by atoms with E-state index in [9.17, 15) is 10.0 Å². The van der Waals surface area contributed by atoms with E-state index < -0.39 is 7.12 Å². The molecule has 0 bridgehead atoms. The van der Waals surface area contributed by atoms with Gasteiger partial charge in [0.15, 0.2) is 0 Å². The van der Waals surface area contributed by atoms with E-state index in [1.54, 1.807) is 0 Å². The monoisotopic (exact) mass is 336 g/mol. The van der Waals surface area contributed by atoms with Crippen LogP contribution in [0, 0.1) is 2.88 Å². The fourth-order valence-electron chi connectivity index (χ4n) is 1.36. The van der Waals surface area contributed by atoms with Gasteiger partial charge in [0.2, 0.25) is 0 Å². The van der Waals surface area contributed by atoms with Crippen molar-refractivity contribution in [2.45, 2.75) is 4.90 Å². The summed E-state index contributed by atoms with van der Waals surface area (Å²) in [4.78, 5) is 0.782. The Bertz CT molecular complexity index is 483. The minimum absolute atomic E-state index is 0.566. The highest BCUT2D eigenvalue weighted by Gasteiger charge is 2.22. The third kappa shape index (κ3) is 1.69. The highest BCUT2D eigenvalue weighted by Crippen LogP contribution is 2.29. The maximum Gasteiger partial charge on any atom is 0.491 e. The van der Waals surface area contributed by atoms with Crippen LogP contribution in [0.4, 0.5) is 0 Å². The Balaban J connectivity index is 2.86. The molecule has 0 spiro atoms. The molecule has 0 radical (unpaired) electrons. The molecule has 0 aliphatic carbocycles. The van der Waals surface area contributed by atoms with Crippen LogP contribution in [0.1, 0.15) is 0 Å². The highest BCUT2D eigenvalue weighted by molar-refractivity contribution is 14.1. The van der Waals surface area contributed by atoms with Crippen LogP contribution in [0.3, 0.4) is 0 Å². The van der Waals surface area contributed by atoms with E-state index in [1.165, 1.54) is 11.3 Å². The highest BCUT2D eigenvalue weighted by atomic mass is 127. The number of fused-ring (bicyclic) bond motifs is 1. The summed E-state index contributed by atoms with van der Waals surface area (Å²) in [5.41, 5.74) is 0.566. The van der Waals surface area contributed by atoms with Crippen molar-refractivity contribution < 1.29 is 10.0 Å². The van der Waals surface area contributed by atoms with Crippen LogP contribution in [0.5, 0.6) is 0 Å². The predicted octanol–water partition coefficient (Wildman–Crippen LogP) is 1.47. The topological polar surface area (TPSA) is 40.5 Å². The van der Waals surface area contributed by atoms with Gasteiger partial charge in [-0.15, -0.1) is 24.0 Å². The summed E-state index contributed by atoms with van der Waals surface area (Å²) in [6.07, 6.45) is 0. The summed E-state index contributed by atoms with van der Waals surface area (Å²) in [5.74, 6) is 0. The first kappa shape index (κ1) is 10.8. The van der Waals surface area contributed by atoms with Crippen LogP contribution in [0.25, 0.3) is 10.1 Å². The summed E-state index contributed by atoms with van der Waals surface area (Å²) in [6.45, 7) is 0. The van der Waals surface area contributed by atoms with Gasteiger partial charge in [0.05, 0.1) is 2.88 Å². The third-order valence-electron chi connectivity index (χ3n) is 1.94. The molecule has 0 saturated carbocycles. The Kier molecular flexibility index (Phi) is 3.08. The van der Waals surface area contributed by atoms with Gasteiger partial charge in [-0.25, -0.2) is 0 Å². The van der Waals surface area contributed by atoms with Crippen molar-refractivity contribution in [3.8, 4) is 0 Å². The quantitative estimate of drug-likeness (QED) is 0.419. The molecule has 2 aromatic rings. The number of hydrogen-bond acceptors (Lipinski definition) is 4. The van der Waals surface area contributed by atoms with Crippen molar-refractivity contribution in [3.05, 3.63) is 21.1 Å². The third-order valence-corrected chi connectivity index (χ3v) is 4.52. The summed E-state index contributed by atoms with van der Waals surface area (Å²) in [6, 6.07) is 5.71. The number of benzene rings is 1. The molecule has 2 nitrogen and oxygen atoms in total. The molecule has 6 heteroatoms. The molecule has 0 fully saturated rings. The Labute approximate surface area is 105 Å². The average Bonchev–Trinajstić information content (AvgIpc) is 2.42. The van der Waals surface area contributed by atoms with Gasteiger partial charge < -0.3 is 10.0 Å². The van der Waals surface area contributed by atoms with E-state index in [4.69, 9.17) is 0 Å². The van der Waals surface area contributed by atoms with Crippen LogP contribution >= 0.6 is 46.6 Å². The van der Waals surface area contributed by atoms with E-state index in [1.807, 2.05) is 18.2 Å². The fraction of sp³-hybridized carbons (Fsp3) is 0. The molecule has 0 aliphatic rings. The van der Waals surface area contributed by atoms with Gasteiger partial charge >= 0.3 is 7.12 Å². The zero-order chi connectivity index (χ0) is 10.3. The Hall–Kier alpha value is 0.245. The van der Waals surface area contributed by atoms with Gasteiger partial charge in [0.1, 0.15) is 0 Å². The lowest BCUT2D eigenvalue weighted by Crippen LogP contribution is -2.31. The molecule has 1 heterocycles. The normalized spacial score (nSPS) is 10.9. The van der Waals surface area contributed by atoms with Crippen LogP contribution in [0.2, 0.25) is 0 Å². The number of rotatable bonds is 1. The Morgan fingerprint density at radius 1 is 1.36 bits per heavy atom. The molecular formula is C8H6BIO2S2. The standard InChI is InChI=1S/C8H6BIO2S2/c10-8-7(9(11)12)6-4(13)2-1-3-5(6)14-8/h1-3,11-13H. The molecule has 14 heavy (non-hydrogen) atoms. The molecule has 2 rings (SSSR count). The lowest BCUT2D eigenvalue weighted by molar-refractivity contribution is 0.426. The summed E-state index contributed by atoms with van der Waals surface area (Å²) in [7, 11) is -1.43. The number of thiol groups is 1.